The summed E-state index contributed by atoms with van der Waals surface area (Å²) in [4.78, 5) is 17.3. The van der Waals surface area contributed by atoms with Gasteiger partial charge in [0, 0.05) is 56.1 Å². The van der Waals surface area contributed by atoms with Crippen LogP contribution in [0.4, 0.5) is 10.1 Å². The highest BCUT2D eigenvalue weighted by Gasteiger charge is 2.21. The van der Waals surface area contributed by atoms with Crippen LogP contribution in [0.1, 0.15) is 55.7 Å². The van der Waals surface area contributed by atoms with Crippen LogP contribution in [0.5, 0.6) is 0 Å². The first-order chi connectivity index (χ1) is 15.2. The Morgan fingerprint density at radius 1 is 1.16 bits per heavy atom. The molecule has 6 nitrogen and oxygen atoms in total. The summed E-state index contributed by atoms with van der Waals surface area (Å²) < 4.78 is 16.1. The summed E-state index contributed by atoms with van der Waals surface area (Å²) in [6, 6.07) is 4.64. The molecule has 1 N–H and O–H groups in total. The average Bonchev–Trinajstić information content (AvgIpc) is 2.99. The first-order valence-electron chi connectivity index (χ1n) is 11.7. The monoisotopic (exact) mass is 443 g/mol. The van der Waals surface area contributed by atoms with Crippen LogP contribution in [0.3, 0.4) is 0 Å². The number of benzene rings is 1. The van der Waals surface area contributed by atoms with Crippen molar-refractivity contribution in [1.29, 1.82) is 0 Å². The number of aromatic nitrogens is 2. The highest BCUT2D eigenvalue weighted by atomic mass is 19.1. The van der Waals surface area contributed by atoms with Crippen molar-refractivity contribution in [1.82, 2.24) is 20.0 Å². The number of hydrogen-bond acceptors (Lipinski definition) is 4. The molecule has 0 saturated carbocycles. The highest BCUT2D eigenvalue weighted by Crippen LogP contribution is 2.28. The molecule has 1 fully saturated rings. The maximum absolute atomic E-state index is 14.1. The Labute approximate surface area is 191 Å². The number of carbonyl (C=O) groups is 1. The molecule has 1 unspecified atom stereocenters. The van der Waals surface area contributed by atoms with E-state index in [-0.39, 0.29) is 17.8 Å². The number of rotatable bonds is 8. The van der Waals surface area contributed by atoms with E-state index in [1.165, 1.54) is 6.07 Å². The van der Waals surface area contributed by atoms with E-state index in [1.54, 1.807) is 6.07 Å². The summed E-state index contributed by atoms with van der Waals surface area (Å²) in [5.41, 5.74) is 5.12. The number of halogens is 1. The average molecular weight is 444 g/mol. The lowest BCUT2D eigenvalue weighted by Crippen LogP contribution is -2.45. The van der Waals surface area contributed by atoms with Gasteiger partial charge < -0.3 is 15.1 Å². The summed E-state index contributed by atoms with van der Waals surface area (Å²) in [6.45, 7) is 15.0. The third kappa shape index (κ3) is 5.88. The van der Waals surface area contributed by atoms with Crippen LogP contribution in [-0.4, -0.2) is 53.8 Å². The van der Waals surface area contributed by atoms with Gasteiger partial charge in [0.1, 0.15) is 5.82 Å². The minimum atomic E-state index is -0.275. The minimum absolute atomic E-state index is 0.0264. The predicted molar refractivity (Wildman–Crippen MR) is 128 cm³/mol. The van der Waals surface area contributed by atoms with Gasteiger partial charge in [-0.2, -0.15) is 5.10 Å². The van der Waals surface area contributed by atoms with Crippen molar-refractivity contribution >= 4 is 11.6 Å². The fourth-order valence-electron chi connectivity index (χ4n) is 4.46. The zero-order chi connectivity index (χ0) is 23.4. The highest BCUT2D eigenvalue weighted by molar-refractivity contribution is 5.77. The van der Waals surface area contributed by atoms with Crippen molar-refractivity contribution in [2.45, 2.75) is 60.0 Å². The number of carbonyl (C=O) groups excluding carboxylic acids is 1. The second-order valence-electron chi connectivity index (χ2n) is 9.51. The van der Waals surface area contributed by atoms with Gasteiger partial charge in [-0.3, -0.25) is 9.48 Å². The summed E-state index contributed by atoms with van der Waals surface area (Å²) in [5, 5.41) is 7.74. The minimum Gasteiger partial charge on any atom is -0.369 e. The quantitative estimate of drug-likeness (QED) is 0.673. The lowest BCUT2D eigenvalue weighted by atomic mass is 10.0. The Bertz CT molecular complexity index is 931. The van der Waals surface area contributed by atoms with Crippen LogP contribution in [0.2, 0.25) is 0 Å². The molecule has 2 aromatic rings. The summed E-state index contributed by atoms with van der Waals surface area (Å²) in [6.07, 6.45) is 1.04. The van der Waals surface area contributed by atoms with E-state index in [4.69, 9.17) is 0 Å². The number of aryl methyl sites for hydroxylation is 1. The van der Waals surface area contributed by atoms with Crippen LogP contribution < -0.4 is 10.2 Å². The molecule has 2 heterocycles. The molecule has 3 rings (SSSR count). The molecule has 32 heavy (non-hydrogen) atoms. The maximum atomic E-state index is 14.1. The second-order valence-corrected chi connectivity index (χ2v) is 9.51. The summed E-state index contributed by atoms with van der Waals surface area (Å²) in [7, 11) is 2.11. The van der Waals surface area contributed by atoms with Crippen molar-refractivity contribution in [3.05, 3.63) is 46.5 Å². The van der Waals surface area contributed by atoms with Crippen LogP contribution >= 0.6 is 0 Å². The molecule has 7 heteroatoms. The molecule has 1 saturated heterocycles. The Morgan fingerprint density at radius 2 is 1.84 bits per heavy atom. The fraction of sp³-hybridized carbons (Fsp3) is 0.600. The van der Waals surface area contributed by atoms with E-state index < -0.39 is 0 Å². The second kappa shape index (κ2) is 10.5. The smallest absolute Gasteiger partial charge is 0.220 e. The van der Waals surface area contributed by atoms with Crippen molar-refractivity contribution < 1.29 is 9.18 Å². The standard InChI is InChI=1S/C25H38FN5O/c1-17(2)16-31-20(5)22(19(4)28-31)8-10-25(32)27-18(3)23-15-21(26)7-9-24(23)30-13-11-29(6)12-14-30/h7,9,15,17-18H,8,10-14,16H2,1-6H3,(H,27,32). The molecule has 1 amide bonds. The van der Waals surface area contributed by atoms with Gasteiger partial charge >= 0.3 is 0 Å². The maximum Gasteiger partial charge on any atom is 0.220 e. The van der Waals surface area contributed by atoms with Gasteiger partial charge in [0.05, 0.1) is 11.7 Å². The van der Waals surface area contributed by atoms with Gasteiger partial charge in [0.25, 0.3) is 0 Å². The van der Waals surface area contributed by atoms with Gasteiger partial charge in [-0.25, -0.2) is 4.39 Å². The molecule has 1 atom stereocenters. The Kier molecular flexibility index (Phi) is 7.93. The number of anilines is 1. The molecule has 0 spiro atoms. The normalized spacial score (nSPS) is 15.9. The zero-order valence-electron chi connectivity index (χ0n) is 20.4. The van der Waals surface area contributed by atoms with E-state index in [0.717, 1.165) is 60.9 Å². The van der Waals surface area contributed by atoms with Gasteiger partial charge in [-0.05, 0) is 63.9 Å². The number of nitrogens with one attached hydrogen (secondary N) is 1. The zero-order valence-corrected chi connectivity index (χ0v) is 20.4. The predicted octanol–water partition coefficient (Wildman–Crippen LogP) is 3.86. The largest absolute Gasteiger partial charge is 0.369 e. The number of amides is 1. The van der Waals surface area contributed by atoms with Crippen molar-refractivity contribution in [3.63, 3.8) is 0 Å². The van der Waals surface area contributed by atoms with E-state index >= 15 is 0 Å². The number of hydrogen-bond donors (Lipinski definition) is 1. The molecule has 0 bridgehead atoms. The molecule has 0 aliphatic carbocycles. The van der Waals surface area contributed by atoms with Gasteiger partial charge in [0.15, 0.2) is 0 Å². The lowest BCUT2D eigenvalue weighted by molar-refractivity contribution is -0.121. The van der Waals surface area contributed by atoms with Crippen molar-refractivity contribution in [2.75, 3.05) is 38.1 Å². The topological polar surface area (TPSA) is 53.4 Å². The molecule has 1 aliphatic rings. The molecular weight excluding hydrogens is 405 g/mol. The van der Waals surface area contributed by atoms with Crippen molar-refractivity contribution in [3.8, 4) is 0 Å². The Hall–Kier alpha value is -2.41. The fourth-order valence-corrected chi connectivity index (χ4v) is 4.46. The molecular formula is C25H38FN5O. The van der Waals surface area contributed by atoms with Crippen LogP contribution in [0.15, 0.2) is 18.2 Å². The van der Waals surface area contributed by atoms with Crippen LogP contribution in [-0.2, 0) is 17.8 Å². The van der Waals surface area contributed by atoms with E-state index in [0.29, 0.717) is 18.8 Å². The van der Waals surface area contributed by atoms with Gasteiger partial charge in [-0.1, -0.05) is 13.8 Å². The molecule has 1 aliphatic heterocycles. The summed E-state index contributed by atoms with van der Waals surface area (Å²) in [5.74, 6) is 0.218. The van der Waals surface area contributed by atoms with E-state index in [1.807, 2.05) is 24.6 Å². The third-order valence-electron chi connectivity index (χ3n) is 6.35. The number of piperazine rings is 1. The molecule has 176 valence electrons. The van der Waals surface area contributed by atoms with Crippen LogP contribution in [0.25, 0.3) is 0 Å². The Balaban J connectivity index is 1.65. The number of nitrogens with zero attached hydrogens (tertiary/aromatic N) is 4. The van der Waals surface area contributed by atoms with Crippen molar-refractivity contribution in [2.24, 2.45) is 5.92 Å². The first-order valence-corrected chi connectivity index (χ1v) is 11.7. The molecule has 0 radical (unpaired) electrons. The van der Waals surface area contributed by atoms with E-state index in [9.17, 15) is 9.18 Å². The SMILES string of the molecule is Cc1nn(CC(C)C)c(C)c1CCC(=O)NC(C)c1cc(F)ccc1N1CCN(C)CC1. The summed E-state index contributed by atoms with van der Waals surface area (Å²) >= 11 is 0. The molecule has 1 aromatic heterocycles. The first kappa shape index (κ1) is 24.2. The van der Waals surface area contributed by atoms with E-state index in [2.05, 4.69) is 48.0 Å². The van der Waals surface area contributed by atoms with Gasteiger partial charge in [-0.15, -0.1) is 0 Å². The lowest BCUT2D eigenvalue weighted by Gasteiger charge is -2.36. The molecule has 1 aromatic carbocycles. The Morgan fingerprint density at radius 3 is 2.50 bits per heavy atom. The third-order valence-corrected chi connectivity index (χ3v) is 6.35. The van der Waals surface area contributed by atoms with Crippen LogP contribution in [0, 0.1) is 25.6 Å². The van der Waals surface area contributed by atoms with Gasteiger partial charge in [0.2, 0.25) is 5.91 Å². The number of likely N-dealkylation sites (N-methyl/N-ethyl adjacent to an activating group) is 1.